The lowest BCUT2D eigenvalue weighted by molar-refractivity contribution is -0.151. The summed E-state index contributed by atoms with van der Waals surface area (Å²) in [7, 11) is -3.42. The first kappa shape index (κ1) is 54.5. The zero-order valence-electron chi connectivity index (χ0n) is 40.9. The van der Waals surface area contributed by atoms with Crippen molar-refractivity contribution < 1.29 is 60.9 Å². The minimum Gasteiger partial charge on any atom is -0.381 e. The number of piperidine rings is 1. The van der Waals surface area contributed by atoms with Crippen LogP contribution >= 0.6 is 11.8 Å². The molecule has 22 heteroatoms. The number of ether oxygens (including phenoxy) is 4. The molecule has 0 aromatic rings. The third kappa shape index (κ3) is 15.6. The highest BCUT2D eigenvalue weighted by Gasteiger charge is 2.54. The van der Waals surface area contributed by atoms with Crippen LogP contribution in [0.2, 0.25) is 0 Å². The van der Waals surface area contributed by atoms with Crippen molar-refractivity contribution in [1.29, 1.82) is 0 Å². The number of nitrogens with one attached hydrogen (secondary N) is 5. The molecule has 3 saturated carbocycles. The van der Waals surface area contributed by atoms with Crippen LogP contribution in [-0.4, -0.2) is 167 Å². The molecule has 7 amide bonds. The van der Waals surface area contributed by atoms with E-state index >= 15 is 0 Å². The number of sulfonamides is 1. The van der Waals surface area contributed by atoms with Crippen molar-refractivity contribution in [3.05, 3.63) is 0 Å². The third-order valence-corrected chi connectivity index (χ3v) is 17.8. The van der Waals surface area contributed by atoms with Gasteiger partial charge < -0.3 is 34.9 Å². The fourth-order valence-electron chi connectivity index (χ4n) is 11.4. The van der Waals surface area contributed by atoms with Gasteiger partial charge in [-0.25, -0.2) is 12.7 Å². The smallest absolute Gasteiger partial charge is 0.249 e. The monoisotopic (exact) mass is 1020 g/mol. The van der Waals surface area contributed by atoms with Crippen molar-refractivity contribution in [3.63, 3.8) is 0 Å². The molecule has 9 unspecified atom stereocenters. The second kappa shape index (κ2) is 26.6. The Morgan fingerprint density at radius 2 is 1.57 bits per heavy atom. The van der Waals surface area contributed by atoms with Gasteiger partial charge in [0, 0.05) is 70.7 Å². The van der Waals surface area contributed by atoms with Crippen LogP contribution in [0.3, 0.4) is 0 Å². The largest absolute Gasteiger partial charge is 0.381 e. The Morgan fingerprint density at radius 3 is 2.31 bits per heavy atom. The SMILES string of the molecule is CS(=O)(=O)N1CCC(C(=O)N[C@@H](CCOCCCC(=O)NCCOCC2CCCC(COCCOC3CCC4C(=O)N(C5CCC(=O)NC5=O)C(=O)C4C3)C2)C(=O)NC2NC(C3CCCCC3)CS2)C1. The number of carbonyl (C=O) groups is 7. The molecule has 0 spiro atoms. The molecule has 20 nitrogen and oxygen atoms in total. The van der Waals surface area contributed by atoms with Crippen molar-refractivity contribution in [2.45, 2.75) is 145 Å². The average Bonchev–Trinajstić information content (AvgIpc) is 4.09. The molecule has 7 fully saturated rings. The maximum Gasteiger partial charge on any atom is 0.249 e. The lowest BCUT2D eigenvalue weighted by Gasteiger charge is -2.30. The second-order valence-electron chi connectivity index (χ2n) is 20.5. The van der Waals surface area contributed by atoms with Gasteiger partial charge in [0.25, 0.3) is 0 Å². The predicted octanol–water partition coefficient (Wildman–Crippen LogP) is 1.56. The third-order valence-electron chi connectivity index (χ3n) is 15.3. The lowest BCUT2D eigenvalue weighted by Crippen LogP contribution is -2.54. The van der Waals surface area contributed by atoms with E-state index in [0.717, 1.165) is 42.6 Å². The highest BCUT2D eigenvalue weighted by Crippen LogP contribution is 2.41. The standard InChI is InChI=1S/C48H77N7O13S2/c1-70(63,64)54-19-16-34(27-54)43(58)50-38(44(59)53-48-51-39(30-69-48)33-9-3-2-4-10-33)17-21-65-20-6-11-41(56)49-18-22-66-28-31-7-5-8-32(25-31)29-67-23-24-68-35-12-13-36-37(26-35)47(62)55(46(36)61)40-14-15-42(57)52-45(40)60/h31-40,48,51H,2-30H2,1H3,(H,49,56)(H,50,58)(H,53,59)(H,52,57,60)/t31?,32?,34?,35?,36?,37?,38-,39?,40?,48?/m0/s1. The molecule has 10 atom stereocenters. The van der Waals surface area contributed by atoms with Crippen molar-refractivity contribution in [2.75, 3.05) is 77.9 Å². The summed E-state index contributed by atoms with van der Waals surface area (Å²) < 4.78 is 49.3. The highest BCUT2D eigenvalue weighted by molar-refractivity contribution is 8.00. The Labute approximate surface area is 417 Å². The first-order valence-electron chi connectivity index (χ1n) is 26.0. The van der Waals surface area contributed by atoms with Gasteiger partial charge in [-0.1, -0.05) is 25.7 Å². The fraction of sp³-hybridized carbons (Fsp3) is 0.854. The second-order valence-corrected chi connectivity index (χ2v) is 23.6. The normalized spacial score (nSPS) is 30.5. The maximum absolute atomic E-state index is 13.6. The number of nitrogens with zero attached hydrogens (tertiary/aromatic N) is 2. The number of amides is 7. The number of rotatable bonds is 25. The van der Waals surface area contributed by atoms with Gasteiger partial charge in [0.2, 0.25) is 51.4 Å². The summed E-state index contributed by atoms with van der Waals surface area (Å²) in [6, 6.07) is -1.44. The van der Waals surface area contributed by atoms with Gasteiger partial charge in [-0.3, -0.25) is 49.1 Å². The maximum atomic E-state index is 13.6. The summed E-state index contributed by atoms with van der Waals surface area (Å²) in [6.45, 7) is 3.73. The van der Waals surface area contributed by atoms with Crippen molar-refractivity contribution in [1.82, 2.24) is 35.8 Å². The number of carbonyl (C=O) groups excluding carboxylic acids is 7. The first-order valence-corrected chi connectivity index (χ1v) is 28.9. The van der Waals surface area contributed by atoms with Gasteiger partial charge in [-0.05, 0) is 94.8 Å². The molecule has 4 heterocycles. The van der Waals surface area contributed by atoms with E-state index in [-0.39, 0.29) is 92.4 Å². The summed E-state index contributed by atoms with van der Waals surface area (Å²) in [5, 5.41) is 14.7. The molecule has 0 radical (unpaired) electrons. The molecule has 3 aliphatic carbocycles. The molecule has 4 aliphatic heterocycles. The van der Waals surface area contributed by atoms with E-state index in [0.29, 0.717) is 102 Å². The summed E-state index contributed by atoms with van der Waals surface area (Å²) in [5.41, 5.74) is -0.257. The summed E-state index contributed by atoms with van der Waals surface area (Å²) in [4.78, 5) is 90.8. The molecule has 0 bridgehead atoms. The predicted molar refractivity (Wildman–Crippen MR) is 258 cm³/mol. The number of thioether (sulfide) groups is 1. The van der Waals surface area contributed by atoms with E-state index in [1.165, 1.54) is 36.4 Å². The number of hydrogen-bond acceptors (Lipinski definition) is 15. The Balaban J connectivity index is 0.710. The zero-order valence-corrected chi connectivity index (χ0v) is 42.5. The fourth-order valence-corrected chi connectivity index (χ4v) is 13.6. The van der Waals surface area contributed by atoms with E-state index < -0.39 is 45.8 Å². The van der Waals surface area contributed by atoms with Crippen LogP contribution < -0.4 is 26.6 Å². The van der Waals surface area contributed by atoms with Gasteiger partial charge in [-0.2, -0.15) is 0 Å². The summed E-state index contributed by atoms with van der Waals surface area (Å²) >= 11 is 1.66. The molecule has 7 rings (SSSR count). The van der Waals surface area contributed by atoms with Crippen LogP contribution in [0, 0.1) is 35.5 Å². The average molecular weight is 1020 g/mol. The Hall–Kier alpha value is -3.25. The summed E-state index contributed by atoms with van der Waals surface area (Å²) in [6.07, 6.45) is 14.6. The molecular formula is C48H77N7O13S2. The molecule has 4 saturated heterocycles. The van der Waals surface area contributed by atoms with E-state index in [1.807, 2.05) is 0 Å². The molecule has 7 aliphatic rings. The highest BCUT2D eigenvalue weighted by atomic mass is 32.2. The lowest BCUT2D eigenvalue weighted by atomic mass is 9.79. The van der Waals surface area contributed by atoms with Crippen LogP contribution in [0.5, 0.6) is 0 Å². The topological polar surface area (TPSA) is 257 Å². The van der Waals surface area contributed by atoms with Crippen LogP contribution in [0.1, 0.15) is 116 Å². The van der Waals surface area contributed by atoms with E-state index in [2.05, 4.69) is 26.6 Å². The van der Waals surface area contributed by atoms with Gasteiger partial charge in [0.05, 0.1) is 49.9 Å². The van der Waals surface area contributed by atoms with Crippen LogP contribution in [0.25, 0.3) is 0 Å². The first-order chi connectivity index (χ1) is 33.7. The molecular weight excluding hydrogens is 947 g/mol. The minimum absolute atomic E-state index is 0.0887. The number of hydrogen-bond donors (Lipinski definition) is 5. The van der Waals surface area contributed by atoms with E-state index in [4.69, 9.17) is 18.9 Å². The van der Waals surface area contributed by atoms with Crippen molar-refractivity contribution >= 4 is 63.1 Å². The van der Waals surface area contributed by atoms with Gasteiger partial charge in [0.15, 0.2) is 0 Å². The van der Waals surface area contributed by atoms with E-state index in [1.54, 1.807) is 11.8 Å². The van der Waals surface area contributed by atoms with E-state index in [9.17, 15) is 42.0 Å². The molecule has 0 aromatic heterocycles. The minimum atomic E-state index is -3.42. The molecule has 0 aromatic carbocycles. The van der Waals surface area contributed by atoms with Crippen molar-refractivity contribution in [3.8, 4) is 0 Å². The van der Waals surface area contributed by atoms with Gasteiger partial charge in [-0.15, -0.1) is 11.8 Å². The molecule has 5 N–H and O–H groups in total. The van der Waals surface area contributed by atoms with Crippen LogP contribution in [-0.2, 0) is 62.5 Å². The van der Waals surface area contributed by atoms with Crippen LogP contribution in [0.4, 0.5) is 0 Å². The molecule has 70 heavy (non-hydrogen) atoms. The Kier molecular flexibility index (Phi) is 20.7. The van der Waals surface area contributed by atoms with Gasteiger partial charge >= 0.3 is 0 Å². The van der Waals surface area contributed by atoms with Crippen molar-refractivity contribution in [2.24, 2.45) is 35.5 Å². The number of fused-ring (bicyclic) bond motifs is 1. The quantitative estimate of drug-likeness (QED) is 0.0643. The van der Waals surface area contributed by atoms with Gasteiger partial charge in [0.1, 0.15) is 17.6 Å². The Morgan fingerprint density at radius 1 is 0.814 bits per heavy atom. The Bertz CT molecular complexity index is 1940. The summed E-state index contributed by atoms with van der Waals surface area (Å²) in [5.74, 6) is -1.53. The number of likely N-dealkylation sites (tertiary alicyclic amines) is 1. The number of imide groups is 2. The zero-order chi connectivity index (χ0) is 49.6. The molecule has 394 valence electrons. The van der Waals surface area contributed by atoms with Crippen LogP contribution in [0.15, 0.2) is 0 Å².